The van der Waals surface area contributed by atoms with Crippen molar-refractivity contribution in [1.82, 2.24) is 29.1 Å². The fourth-order valence-electron chi connectivity index (χ4n) is 4.61. The second-order valence-electron chi connectivity index (χ2n) is 10.9. The molecular weight excluding hydrogens is 813 g/mol. The molecule has 4 aromatic heterocycles. The van der Waals surface area contributed by atoms with E-state index < -0.39 is 32.4 Å². The van der Waals surface area contributed by atoms with Gasteiger partial charge in [-0.1, -0.05) is 23.2 Å². The van der Waals surface area contributed by atoms with Crippen molar-refractivity contribution in [3.8, 4) is 45.6 Å². The number of ether oxygens (including phenoxy) is 2. The van der Waals surface area contributed by atoms with Gasteiger partial charge in [-0.15, -0.1) is 26.3 Å². The van der Waals surface area contributed by atoms with Crippen LogP contribution in [0.3, 0.4) is 0 Å². The van der Waals surface area contributed by atoms with Gasteiger partial charge in [-0.3, -0.25) is 9.13 Å². The van der Waals surface area contributed by atoms with Gasteiger partial charge in [0.2, 0.25) is 0 Å². The number of rotatable bonds is 8. The molecule has 0 aliphatic carbocycles. The third kappa shape index (κ3) is 10.1. The number of imidazole rings is 2. The molecule has 0 N–H and O–H groups in total. The Kier molecular flexibility index (Phi) is 11.3. The number of alkyl halides is 6. The fraction of sp³-hybridized carbons (Fsp3) is 0.125. The van der Waals surface area contributed by atoms with Gasteiger partial charge in [-0.25, -0.2) is 36.8 Å². The van der Waals surface area contributed by atoms with Gasteiger partial charge in [-0.05, 0) is 72.8 Å². The van der Waals surface area contributed by atoms with E-state index in [2.05, 4.69) is 29.4 Å². The zero-order valence-electron chi connectivity index (χ0n) is 27.2. The molecule has 0 aliphatic rings. The Hall–Kier alpha value is -5.18. The standard InChI is InChI=1S/2C16H11ClF3N3O3S/c2*1-27(24,25)12-6-7-13(21-8-12)23-9-22-15(17)14(23)10-2-4-11(5-3-10)26-16(18,19)20/h2*2-9H,1H3. The molecule has 6 aromatic rings. The van der Waals surface area contributed by atoms with Gasteiger partial charge in [-0.2, -0.15) is 0 Å². The first kappa shape index (κ1) is 40.0. The van der Waals surface area contributed by atoms with Crippen molar-refractivity contribution in [3.63, 3.8) is 0 Å². The first-order valence-electron chi connectivity index (χ1n) is 14.6. The minimum Gasteiger partial charge on any atom is -0.406 e. The number of sulfone groups is 2. The molecule has 0 fully saturated rings. The summed E-state index contributed by atoms with van der Waals surface area (Å²) in [4.78, 5) is 16.2. The smallest absolute Gasteiger partial charge is 0.406 e. The molecule has 0 spiro atoms. The number of hydrogen-bond donors (Lipinski definition) is 0. The second kappa shape index (κ2) is 15.3. The van der Waals surface area contributed by atoms with Crippen molar-refractivity contribution in [1.29, 1.82) is 0 Å². The predicted octanol–water partition coefficient (Wildman–Crippen LogP) is 7.78. The van der Waals surface area contributed by atoms with Gasteiger partial charge in [0.1, 0.15) is 35.8 Å². The zero-order valence-corrected chi connectivity index (χ0v) is 30.4. The Morgan fingerprint density at radius 3 is 1.13 bits per heavy atom. The van der Waals surface area contributed by atoms with Crippen LogP contribution in [0.1, 0.15) is 0 Å². The maximum atomic E-state index is 12.3. The van der Waals surface area contributed by atoms with E-state index in [1.807, 2.05) is 0 Å². The highest BCUT2D eigenvalue weighted by Crippen LogP contribution is 2.33. The molecular formula is C32H22Cl2F6N6O6S2. The molecule has 0 saturated carbocycles. The van der Waals surface area contributed by atoms with Crippen molar-refractivity contribution < 1.29 is 52.7 Å². The number of pyridine rings is 2. The van der Waals surface area contributed by atoms with E-state index in [0.717, 1.165) is 36.8 Å². The van der Waals surface area contributed by atoms with E-state index in [0.29, 0.717) is 34.2 Å². The van der Waals surface area contributed by atoms with Crippen LogP contribution in [0.5, 0.6) is 11.5 Å². The third-order valence-corrected chi connectivity index (χ3v) is 9.71. The van der Waals surface area contributed by atoms with Crippen LogP contribution in [0, 0.1) is 0 Å². The summed E-state index contributed by atoms with van der Waals surface area (Å²) in [5.41, 5.74) is 1.71. The van der Waals surface area contributed by atoms with Crippen molar-refractivity contribution in [2.24, 2.45) is 0 Å². The molecule has 0 saturated heterocycles. The second-order valence-corrected chi connectivity index (χ2v) is 15.6. The highest BCUT2D eigenvalue weighted by molar-refractivity contribution is 7.91. The van der Waals surface area contributed by atoms with Gasteiger partial charge in [0.05, 0.1) is 21.2 Å². The van der Waals surface area contributed by atoms with Gasteiger partial charge in [0.15, 0.2) is 30.0 Å². The first-order chi connectivity index (χ1) is 25.1. The predicted molar refractivity (Wildman–Crippen MR) is 183 cm³/mol. The molecule has 6 rings (SSSR count). The Labute approximate surface area is 312 Å². The van der Waals surface area contributed by atoms with E-state index in [1.54, 1.807) is 0 Å². The Balaban J connectivity index is 0.000000208. The van der Waals surface area contributed by atoms with Crippen LogP contribution < -0.4 is 9.47 Å². The van der Waals surface area contributed by atoms with Crippen LogP contribution in [0.25, 0.3) is 34.2 Å². The molecule has 0 aliphatic heterocycles. The van der Waals surface area contributed by atoms with E-state index in [1.165, 1.54) is 82.7 Å². The van der Waals surface area contributed by atoms with Gasteiger partial charge in [0, 0.05) is 36.0 Å². The van der Waals surface area contributed by atoms with E-state index in [9.17, 15) is 43.2 Å². The maximum absolute atomic E-state index is 12.3. The summed E-state index contributed by atoms with van der Waals surface area (Å²) in [5.74, 6) is -0.0621. The number of nitrogens with zero attached hydrogens (tertiary/aromatic N) is 6. The summed E-state index contributed by atoms with van der Waals surface area (Å²) in [6, 6.07) is 15.9. The summed E-state index contributed by atoms with van der Waals surface area (Å²) in [6.45, 7) is 0. The molecule has 12 nitrogen and oxygen atoms in total. The lowest BCUT2D eigenvalue weighted by Crippen LogP contribution is -2.17. The normalized spacial score (nSPS) is 12.2. The minimum absolute atomic E-state index is 0.0488. The van der Waals surface area contributed by atoms with E-state index in [4.69, 9.17) is 23.2 Å². The molecule has 2 aromatic carbocycles. The van der Waals surface area contributed by atoms with Crippen LogP contribution in [0.4, 0.5) is 26.3 Å². The van der Waals surface area contributed by atoms with Crippen LogP contribution in [0.2, 0.25) is 10.3 Å². The molecule has 0 atom stereocenters. The first-order valence-corrected chi connectivity index (χ1v) is 19.1. The highest BCUT2D eigenvalue weighted by Gasteiger charge is 2.32. The Bertz CT molecular complexity index is 2300. The molecule has 22 heteroatoms. The van der Waals surface area contributed by atoms with Crippen LogP contribution in [-0.4, -0.2) is 71.1 Å². The number of hydrogen-bond acceptors (Lipinski definition) is 10. The monoisotopic (exact) mass is 834 g/mol. The zero-order chi connectivity index (χ0) is 39.6. The fourth-order valence-corrected chi connectivity index (χ4v) is 6.22. The number of aromatic nitrogens is 6. The maximum Gasteiger partial charge on any atom is 0.573 e. The summed E-state index contributed by atoms with van der Waals surface area (Å²) < 4.78 is 130. The lowest BCUT2D eigenvalue weighted by molar-refractivity contribution is -0.275. The van der Waals surface area contributed by atoms with Crippen LogP contribution >= 0.6 is 23.2 Å². The average Bonchev–Trinajstić information content (AvgIpc) is 3.66. The van der Waals surface area contributed by atoms with Crippen LogP contribution in [-0.2, 0) is 19.7 Å². The lowest BCUT2D eigenvalue weighted by atomic mass is 10.1. The molecule has 4 heterocycles. The van der Waals surface area contributed by atoms with Gasteiger partial charge < -0.3 is 9.47 Å². The molecule has 0 amide bonds. The number of halogens is 8. The molecule has 0 bridgehead atoms. The summed E-state index contributed by atoms with van der Waals surface area (Å²) >= 11 is 12.2. The molecule has 0 unspecified atom stereocenters. The Morgan fingerprint density at radius 2 is 0.870 bits per heavy atom. The van der Waals surface area contributed by atoms with E-state index >= 15 is 0 Å². The molecule has 54 heavy (non-hydrogen) atoms. The summed E-state index contributed by atoms with van der Waals surface area (Å²) in [6.07, 6.45) is -2.30. The topological polar surface area (TPSA) is 148 Å². The summed E-state index contributed by atoms with van der Waals surface area (Å²) in [7, 11) is -6.80. The SMILES string of the molecule is CS(=O)(=O)c1ccc(-n2cnc(Cl)c2-c2ccc(OC(F)(F)F)cc2)nc1.CS(=O)(=O)c1ccc(-n2cnc(Cl)c2-c2ccc(OC(F)(F)F)cc2)nc1. The summed E-state index contributed by atoms with van der Waals surface area (Å²) in [5, 5.41) is 0.210. The van der Waals surface area contributed by atoms with Crippen LogP contribution in [0.15, 0.2) is 108 Å². The largest absolute Gasteiger partial charge is 0.573 e. The van der Waals surface area contributed by atoms with Crippen molar-refractivity contribution in [2.75, 3.05) is 12.5 Å². The van der Waals surface area contributed by atoms with Crippen molar-refractivity contribution >= 4 is 42.9 Å². The van der Waals surface area contributed by atoms with Crippen molar-refractivity contribution in [3.05, 3.63) is 108 Å². The highest BCUT2D eigenvalue weighted by atomic mass is 35.5. The lowest BCUT2D eigenvalue weighted by Gasteiger charge is -2.11. The van der Waals surface area contributed by atoms with E-state index in [-0.39, 0.29) is 31.6 Å². The quantitative estimate of drug-likeness (QED) is 0.139. The van der Waals surface area contributed by atoms with Crippen molar-refractivity contribution in [2.45, 2.75) is 22.5 Å². The molecule has 284 valence electrons. The third-order valence-electron chi connectivity index (χ3n) is 6.96. The Morgan fingerprint density at radius 1 is 0.537 bits per heavy atom. The van der Waals surface area contributed by atoms with Gasteiger partial charge in [0.25, 0.3) is 0 Å². The van der Waals surface area contributed by atoms with Gasteiger partial charge >= 0.3 is 12.7 Å². The average molecular weight is 836 g/mol. The molecule has 0 radical (unpaired) electrons. The minimum atomic E-state index is -4.79. The number of benzene rings is 2.